The van der Waals surface area contributed by atoms with E-state index in [1.54, 1.807) is 24.3 Å². The third-order valence-electron chi connectivity index (χ3n) is 4.37. The minimum absolute atomic E-state index is 0.0966. The van der Waals surface area contributed by atoms with Crippen LogP contribution < -0.4 is 14.8 Å². The average molecular weight is 439 g/mol. The van der Waals surface area contributed by atoms with Gasteiger partial charge in [-0.15, -0.1) is 0 Å². The Bertz CT molecular complexity index is 1160. The van der Waals surface area contributed by atoms with E-state index >= 15 is 0 Å². The number of nitrogens with one attached hydrogen (secondary N) is 2. The second kappa shape index (κ2) is 10.0. The summed E-state index contributed by atoms with van der Waals surface area (Å²) in [6, 6.07) is 21.6. The number of carbonyl (C=O) groups excluding carboxylic acids is 2. The lowest BCUT2D eigenvalue weighted by Crippen LogP contribution is -2.23. The van der Waals surface area contributed by atoms with E-state index in [2.05, 4.69) is 10.0 Å². The third-order valence-corrected chi connectivity index (χ3v) is 5.78. The molecule has 160 valence electrons. The zero-order chi connectivity index (χ0) is 22.3. The van der Waals surface area contributed by atoms with E-state index in [1.165, 1.54) is 31.2 Å². The molecule has 0 spiro atoms. The zero-order valence-electron chi connectivity index (χ0n) is 16.9. The van der Waals surface area contributed by atoms with Gasteiger partial charge >= 0.3 is 0 Å². The molecule has 0 heterocycles. The highest BCUT2D eigenvalue weighted by molar-refractivity contribution is 7.89. The van der Waals surface area contributed by atoms with Crippen LogP contribution in [-0.4, -0.2) is 26.7 Å². The largest absolute Gasteiger partial charge is 0.484 e. The molecule has 0 aliphatic rings. The number of hydrogen-bond acceptors (Lipinski definition) is 5. The lowest BCUT2D eigenvalue weighted by molar-refractivity contribution is -0.118. The van der Waals surface area contributed by atoms with Crippen molar-refractivity contribution >= 4 is 27.4 Å². The first-order chi connectivity index (χ1) is 14.8. The van der Waals surface area contributed by atoms with E-state index in [4.69, 9.17) is 4.74 Å². The Balaban J connectivity index is 1.53. The number of hydrogen-bond donors (Lipinski definition) is 2. The maximum Gasteiger partial charge on any atom is 0.262 e. The smallest absolute Gasteiger partial charge is 0.262 e. The molecule has 0 atom stereocenters. The lowest BCUT2D eigenvalue weighted by atomic mass is 10.1. The number of ketones is 1. The maximum absolute atomic E-state index is 12.4. The number of sulfonamides is 1. The fourth-order valence-corrected chi connectivity index (χ4v) is 3.75. The molecule has 0 radical (unpaired) electrons. The minimum atomic E-state index is -3.67. The molecule has 0 aromatic heterocycles. The number of benzene rings is 3. The van der Waals surface area contributed by atoms with Gasteiger partial charge in [0, 0.05) is 17.8 Å². The molecule has 0 unspecified atom stereocenters. The van der Waals surface area contributed by atoms with E-state index in [-0.39, 0.29) is 23.8 Å². The Kier molecular flexibility index (Phi) is 7.17. The summed E-state index contributed by atoms with van der Waals surface area (Å²) in [6.45, 7) is 1.38. The van der Waals surface area contributed by atoms with E-state index in [1.807, 2.05) is 30.3 Å². The van der Waals surface area contributed by atoms with Gasteiger partial charge < -0.3 is 10.1 Å². The Morgan fingerprint density at radius 2 is 1.61 bits per heavy atom. The van der Waals surface area contributed by atoms with Crippen LogP contribution in [0.15, 0.2) is 83.8 Å². The van der Waals surface area contributed by atoms with Gasteiger partial charge in [0.25, 0.3) is 5.91 Å². The Morgan fingerprint density at radius 1 is 0.903 bits per heavy atom. The molecule has 0 saturated heterocycles. The highest BCUT2D eigenvalue weighted by Crippen LogP contribution is 2.17. The van der Waals surface area contributed by atoms with Crippen LogP contribution in [0.1, 0.15) is 22.8 Å². The number of amides is 1. The quantitative estimate of drug-likeness (QED) is 0.499. The van der Waals surface area contributed by atoms with E-state index in [0.717, 1.165) is 5.56 Å². The molecule has 0 saturated carbocycles. The summed E-state index contributed by atoms with van der Waals surface area (Å²) >= 11 is 0. The van der Waals surface area contributed by atoms with Crippen LogP contribution in [0.5, 0.6) is 5.75 Å². The van der Waals surface area contributed by atoms with Gasteiger partial charge in [-0.2, -0.15) is 0 Å². The molecule has 8 heteroatoms. The molecular formula is C23H22N2O5S. The minimum Gasteiger partial charge on any atom is -0.484 e. The number of Topliss-reactive ketones (excluding diaryl/α,β-unsaturated/α-hetero) is 1. The van der Waals surface area contributed by atoms with Crippen molar-refractivity contribution < 1.29 is 22.7 Å². The number of rotatable bonds is 9. The van der Waals surface area contributed by atoms with Crippen LogP contribution >= 0.6 is 0 Å². The van der Waals surface area contributed by atoms with Crippen LogP contribution in [-0.2, 0) is 21.4 Å². The first kappa shape index (κ1) is 22.2. The highest BCUT2D eigenvalue weighted by atomic mass is 32.2. The van der Waals surface area contributed by atoms with Gasteiger partial charge in [0.15, 0.2) is 12.4 Å². The molecule has 0 aliphatic carbocycles. The summed E-state index contributed by atoms with van der Waals surface area (Å²) in [5.74, 6) is -0.141. The number of carbonyl (C=O) groups is 2. The van der Waals surface area contributed by atoms with Crippen molar-refractivity contribution in [3.63, 3.8) is 0 Å². The molecule has 3 aromatic rings. The van der Waals surface area contributed by atoms with E-state index < -0.39 is 15.9 Å². The Hall–Kier alpha value is -3.49. The van der Waals surface area contributed by atoms with Crippen LogP contribution in [0.25, 0.3) is 0 Å². The van der Waals surface area contributed by atoms with Crippen molar-refractivity contribution in [3.8, 4) is 5.75 Å². The Morgan fingerprint density at radius 3 is 2.29 bits per heavy atom. The standard InChI is InChI=1S/C23H22N2O5S/c1-17(26)19-8-5-9-20(14-19)25-23(27)16-30-21-10-12-22(13-11-21)31(28,29)24-15-18-6-3-2-4-7-18/h2-14,24H,15-16H2,1H3,(H,25,27). The molecule has 31 heavy (non-hydrogen) atoms. The van der Waals surface area contributed by atoms with Crippen molar-refractivity contribution in [1.82, 2.24) is 4.72 Å². The normalized spacial score (nSPS) is 11.0. The Labute approximate surface area is 181 Å². The number of ether oxygens (including phenoxy) is 1. The predicted molar refractivity (Wildman–Crippen MR) is 117 cm³/mol. The van der Waals surface area contributed by atoms with Gasteiger partial charge in [-0.3, -0.25) is 9.59 Å². The van der Waals surface area contributed by atoms with E-state index in [9.17, 15) is 18.0 Å². The van der Waals surface area contributed by atoms with Gasteiger partial charge in [0.2, 0.25) is 10.0 Å². The summed E-state index contributed by atoms with van der Waals surface area (Å²) in [4.78, 5) is 23.6. The molecule has 0 aliphatic heterocycles. The summed E-state index contributed by atoms with van der Waals surface area (Å²) in [6.07, 6.45) is 0. The molecule has 0 fully saturated rings. The predicted octanol–water partition coefficient (Wildman–Crippen LogP) is 3.39. The first-order valence-corrected chi connectivity index (χ1v) is 11.0. The molecule has 3 aromatic carbocycles. The van der Waals surface area contributed by atoms with Crippen molar-refractivity contribution in [3.05, 3.63) is 90.0 Å². The first-order valence-electron chi connectivity index (χ1n) is 9.51. The molecular weight excluding hydrogens is 416 g/mol. The van der Waals surface area contributed by atoms with Crippen molar-refractivity contribution in [2.75, 3.05) is 11.9 Å². The summed E-state index contributed by atoms with van der Waals surface area (Å²) in [7, 11) is -3.67. The zero-order valence-corrected chi connectivity index (χ0v) is 17.7. The van der Waals surface area contributed by atoms with Crippen LogP contribution in [0.4, 0.5) is 5.69 Å². The van der Waals surface area contributed by atoms with Gasteiger partial charge in [0.1, 0.15) is 5.75 Å². The van der Waals surface area contributed by atoms with Crippen molar-refractivity contribution in [1.29, 1.82) is 0 Å². The third kappa shape index (κ3) is 6.50. The van der Waals surface area contributed by atoms with Gasteiger partial charge in [-0.1, -0.05) is 42.5 Å². The molecule has 1 amide bonds. The van der Waals surface area contributed by atoms with Crippen molar-refractivity contribution in [2.24, 2.45) is 0 Å². The van der Waals surface area contributed by atoms with Crippen LogP contribution in [0.2, 0.25) is 0 Å². The molecule has 3 rings (SSSR count). The lowest BCUT2D eigenvalue weighted by Gasteiger charge is -2.10. The second-order valence-corrected chi connectivity index (χ2v) is 8.52. The van der Waals surface area contributed by atoms with Crippen LogP contribution in [0.3, 0.4) is 0 Å². The van der Waals surface area contributed by atoms with E-state index in [0.29, 0.717) is 17.0 Å². The van der Waals surface area contributed by atoms with Crippen LogP contribution in [0, 0.1) is 0 Å². The summed E-state index contributed by atoms with van der Waals surface area (Å²) in [5.41, 5.74) is 1.84. The fourth-order valence-electron chi connectivity index (χ4n) is 2.73. The monoisotopic (exact) mass is 438 g/mol. The van der Waals surface area contributed by atoms with Gasteiger partial charge in [-0.05, 0) is 48.9 Å². The molecule has 2 N–H and O–H groups in total. The summed E-state index contributed by atoms with van der Waals surface area (Å²) in [5, 5.41) is 2.65. The van der Waals surface area contributed by atoms with Crippen molar-refractivity contribution in [2.45, 2.75) is 18.4 Å². The topological polar surface area (TPSA) is 102 Å². The molecule has 7 nitrogen and oxygen atoms in total. The fraction of sp³-hybridized carbons (Fsp3) is 0.130. The highest BCUT2D eigenvalue weighted by Gasteiger charge is 2.14. The summed E-state index contributed by atoms with van der Waals surface area (Å²) < 4.78 is 32.8. The number of anilines is 1. The average Bonchev–Trinajstić information content (AvgIpc) is 2.77. The maximum atomic E-state index is 12.4. The molecule has 0 bridgehead atoms. The SMILES string of the molecule is CC(=O)c1cccc(NC(=O)COc2ccc(S(=O)(=O)NCc3ccccc3)cc2)c1. The second-order valence-electron chi connectivity index (χ2n) is 6.76. The van der Waals surface area contributed by atoms with Gasteiger partial charge in [-0.25, -0.2) is 13.1 Å². The van der Waals surface area contributed by atoms with Gasteiger partial charge in [0.05, 0.1) is 4.90 Å².